The van der Waals surface area contributed by atoms with E-state index in [2.05, 4.69) is 41.4 Å². The predicted molar refractivity (Wildman–Crippen MR) is 114 cm³/mol. The Balaban J connectivity index is 0.00000225. The van der Waals surface area contributed by atoms with E-state index in [1.165, 1.54) is 23.3 Å². The van der Waals surface area contributed by atoms with Gasteiger partial charge in [0.25, 0.3) is 0 Å². The van der Waals surface area contributed by atoms with Crippen LogP contribution in [-0.2, 0) is 6.42 Å². The molecule has 1 aliphatic heterocycles. The van der Waals surface area contributed by atoms with Crippen molar-refractivity contribution < 1.29 is 4.39 Å². The second-order valence-electron chi connectivity index (χ2n) is 7.03. The number of aryl methyl sites for hydroxylation is 1. The largest absolute Gasteiger partial charge is 0.340 e. The van der Waals surface area contributed by atoms with E-state index >= 15 is 0 Å². The average molecular weight is 399 g/mol. The number of hydrogen-bond acceptors (Lipinski definition) is 4. The summed E-state index contributed by atoms with van der Waals surface area (Å²) in [5, 5.41) is 3.31. The van der Waals surface area contributed by atoms with Gasteiger partial charge in [-0.3, -0.25) is 0 Å². The minimum absolute atomic E-state index is 0. The average Bonchev–Trinajstić information content (AvgIpc) is 2.67. The first-order valence-electron chi connectivity index (χ1n) is 9.25. The summed E-state index contributed by atoms with van der Waals surface area (Å²) < 4.78 is 13.2. The van der Waals surface area contributed by atoms with Crippen LogP contribution in [0.25, 0.3) is 0 Å². The monoisotopic (exact) mass is 398 g/mol. The fraction of sp³-hybridized carbons (Fsp3) is 0.273. The minimum Gasteiger partial charge on any atom is -0.340 e. The molecular weight excluding hydrogens is 375 g/mol. The van der Waals surface area contributed by atoms with Gasteiger partial charge in [0, 0.05) is 23.5 Å². The number of benzene rings is 2. The maximum absolute atomic E-state index is 13.2. The van der Waals surface area contributed by atoms with Gasteiger partial charge < -0.3 is 10.2 Å². The Labute approximate surface area is 171 Å². The Kier molecular flexibility index (Phi) is 5.84. The Morgan fingerprint density at radius 3 is 2.50 bits per heavy atom. The smallest absolute Gasteiger partial charge is 0.228 e. The van der Waals surface area contributed by atoms with Crippen molar-refractivity contribution in [1.29, 1.82) is 0 Å². The molecule has 4 rings (SSSR count). The van der Waals surface area contributed by atoms with Gasteiger partial charge in [-0.25, -0.2) is 9.37 Å². The van der Waals surface area contributed by atoms with Crippen LogP contribution in [0.4, 0.5) is 21.8 Å². The van der Waals surface area contributed by atoms with Gasteiger partial charge in [0.2, 0.25) is 5.95 Å². The summed E-state index contributed by atoms with van der Waals surface area (Å²) in [5.41, 5.74) is 5.47. The molecule has 0 amide bonds. The van der Waals surface area contributed by atoms with Crippen molar-refractivity contribution in [2.24, 2.45) is 0 Å². The van der Waals surface area contributed by atoms with E-state index in [-0.39, 0.29) is 24.3 Å². The van der Waals surface area contributed by atoms with Crippen molar-refractivity contribution in [3.05, 3.63) is 76.7 Å². The summed E-state index contributed by atoms with van der Waals surface area (Å²) in [6.45, 7) is 7.08. The Bertz CT molecular complexity index is 975. The van der Waals surface area contributed by atoms with Crippen molar-refractivity contribution in [3.63, 3.8) is 0 Å². The zero-order valence-electron chi connectivity index (χ0n) is 16.2. The Hall–Kier alpha value is -2.66. The van der Waals surface area contributed by atoms with E-state index in [4.69, 9.17) is 9.97 Å². The first-order valence-corrected chi connectivity index (χ1v) is 9.25. The molecule has 0 aliphatic carbocycles. The van der Waals surface area contributed by atoms with Crippen LogP contribution in [-0.4, -0.2) is 16.5 Å². The molecular formula is C22H24ClFN4. The van der Waals surface area contributed by atoms with Crippen LogP contribution < -0.4 is 10.2 Å². The fourth-order valence-corrected chi connectivity index (χ4v) is 3.58. The van der Waals surface area contributed by atoms with Crippen LogP contribution in [0.2, 0.25) is 0 Å². The van der Waals surface area contributed by atoms with Crippen LogP contribution in [0, 0.1) is 19.7 Å². The molecule has 0 spiro atoms. The molecule has 1 aromatic heterocycles. The predicted octanol–water partition coefficient (Wildman–Crippen LogP) is 5.52. The molecule has 0 fully saturated rings. The van der Waals surface area contributed by atoms with Gasteiger partial charge in [0.1, 0.15) is 11.6 Å². The first-order chi connectivity index (χ1) is 13.0. The molecule has 1 aliphatic rings. The molecule has 146 valence electrons. The lowest BCUT2D eigenvalue weighted by molar-refractivity contribution is 0.607. The van der Waals surface area contributed by atoms with Crippen molar-refractivity contribution in [1.82, 2.24) is 9.97 Å². The minimum atomic E-state index is -0.252. The van der Waals surface area contributed by atoms with E-state index < -0.39 is 0 Å². The highest BCUT2D eigenvalue weighted by Gasteiger charge is 2.26. The third kappa shape index (κ3) is 3.80. The number of aromatic nitrogens is 2. The second-order valence-corrected chi connectivity index (χ2v) is 7.03. The van der Waals surface area contributed by atoms with Crippen LogP contribution in [0.1, 0.15) is 35.3 Å². The number of nitrogens with zero attached hydrogens (tertiary/aromatic N) is 3. The molecule has 2 heterocycles. The molecule has 28 heavy (non-hydrogen) atoms. The molecule has 3 aromatic rings. The molecule has 0 radical (unpaired) electrons. The zero-order chi connectivity index (χ0) is 19.0. The van der Waals surface area contributed by atoms with Gasteiger partial charge in [-0.2, -0.15) is 4.98 Å². The lowest BCUT2D eigenvalue weighted by Gasteiger charge is -2.35. The van der Waals surface area contributed by atoms with Gasteiger partial charge in [0.05, 0.1) is 6.04 Å². The van der Waals surface area contributed by atoms with Crippen LogP contribution in [0.15, 0.2) is 48.5 Å². The van der Waals surface area contributed by atoms with E-state index in [1.54, 1.807) is 12.1 Å². The molecule has 2 aromatic carbocycles. The van der Waals surface area contributed by atoms with Crippen LogP contribution in [0.5, 0.6) is 0 Å². The van der Waals surface area contributed by atoms with Gasteiger partial charge in [-0.1, -0.05) is 24.3 Å². The summed E-state index contributed by atoms with van der Waals surface area (Å²) in [6, 6.07) is 15.1. The number of hydrogen-bond donors (Lipinski definition) is 1. The quantitative estimate of drug-likeness (QED) is 0.630. The Morgan fingerprint density at radius 1 is 1.04 bits per heavy atom. The summed E-state index contributed by atoms with van der Waals surface area (Å²) in [7, 11) is 0. The highest BCUT2D eigenvalue weighted by Crippen LogP contribution is 2.33. The highest BCUT2D eigenvalue weighted by atomic mass is 35.5. The lowest BCUT2D eigenvalue weighted by atomic mass is 9.94. The molecule has 6 heteroatoms. The summed E-state index contributed by atoms with van der Waals surface area (Å²) in [5.74, 6) is 1.23. The Morgan fingerprint density at radius 2 is 1.75 bits per heavy atom. The van der Waals surface area contributed by atoms with Crippen molar-refractivity contribution in [3.8, 4) is 0 Å². The number of nitrogens with one attached hydrogen (secondary N) is 1. The van der Waals surface area contributed by atoms with Crippen molar-refractivity contribution in [2.45, 2.75) is 33.2 Å². The molecule has 4 nitrogen and oxygen atoms in total. The van der Waals surface area contributed by atoms with E-state index in [0.717, 1.165) is 41.7 Å². The maximum Gasteiger partial charge on any atom is 0.228 e. The standard InChI is InChI=1S/C22H23FN4.ClH/c1-14-15(2)24-22(26-21(14)25-19-10-8-18(23)9-11-19)27-13-12-17-6-4-5-7-20(17)16(27)3;/h4-11,16H,12-13H2,1-3H3,(H,24,25,26);1H. The highest BCUT2D eigenvalue weighted by molar-refractivity contribution is 5.85. The fourth-order valence-electron chi connectivity index (χ4n) is 3.58. The van der Waals surface area contributed by atoms with Crippen LogP contribution in [0.3, 0.4) is 0 Å². The first kappa shape index (κ1) is 20.1. The SMILES string of the molecule is Cc1nc(N2CCc3ccccc3C2C)nc(Nc2ccc(F)cc2)c1C.Cl. The molecule has 0 saturated heterocycles. The van der Waals surface area contributed by atoms with Crippen LogP contribution >= 0.6 is 12.4 Å². The molecule has 1 atom stereocenters. The topological polar surface area (TPSA) is 41.1 Å². The molecule has 1 N–H and O–H groups in total. The van der Waals surface area contributed by atoms with E-state index in [1.807, 2.05) is 13.8 Å². The summed E-state index contributed by atoms with van der Waals surface area (Å²) in [4.78, 5) is 11.8. The molecule has 1 unspecified atom stereocenters. The van der Waals surface area contributed by atoms with Gasteiger partial charge in [-0.05, 0) is 62.6 Å². The maximum atomic E-state index is 13.2. The number of halogens is 2. The van der Waals surface area contributed by atoms with Crippen molar-refractivity contribution in [2.75, 3.05) is 16.8 Å². The van der Waals surface area contributed by atoms with E-state index in [9.17, 15) is 4.39 Å². The van der Waals surface area contributed by atoms with E-state index in [0.29, 0.717) is 0 Å². The zero-order valence-corrected chi connectivity index (χ0v) is 17.1. The third-order valence-electron chi connectivity index (χ3n) is 5.34. The summed E-state index contributed by atoms with van der Waals surface area (Å²) in [6.07, 6.45) is 0.984. The third-order valence-corrected chi connectivity index (χ3v) is 5.34. The summed E-state index contributed by atoms with van der Waals surface area (Å²) >= 11 is 0. The number of rotatable bonds is 3. The number of anilines is 3. The van der Waals surface area contributed by atoms with Gasteiger partial charge in [0.15, 0.2) is 0 Å². The number of fused-ring (bicyclic) bond motifs is 1. The van der Waals surface area contributed by atoms with Crippen molar-refractivity contribution >= 4 is 29.9 Å². The van der Waals surface area contributed by atoms with Gasteiger partial charge >= 0.3 is 0 Å². The lowest BCUT2D eigenvalue weighted by Crippen LogP contribution is -2.35. The molecule has 0 bridgehead atoms. The second kappa shape index (κ2) is 8.15. The van der Waals surface area contributed by atoms with Gasteiger partial charge in [-0.15, -0.1) is 12.4 Å². The molecule has 0 saturated carbocycles. The normalized spacial score (nSPS) is 15.6.